The first-order chi connectivity index (χ1) is 16.9. The van der Waals surface area contributed by atoms with E-state index in [-0.39, 0.29) is 12.5 Å². The number of methoxy groups -OCH3 is 1. The minimum Gasteiger partial charge on any atom is -0.493 e. The Morgan fingerprint density at radius 3 is 2.57 bits per heavy atom. The Morgan fingerprint density at radius 1 is 1.17 bits per heavy atom. The minimum atomic E-state index is -0.947. The predicted octanol–water partition coefficient (Wildman–Crippen LogP) is 6.53. The molecule has 6 nitrogen and oxygen atoms in total. The van der Waals surface area contributed by atoms with Crippen LogP contribution < -0.4 is 9.47 Å². The van der Waals surface area contributed by atoms with Crippen molar-refractivity contribution in [1.29, 1.82) is 0 Å². The molecular weight excluding hydrogens is 550 g/mol. The summed E-state index contributed by atoms with van der Waals surface area (Å²) in [6.07, 6.45) is 4.38. The molecule has 0 radical (unpaired) electrons. The minimum absolute atomic E-state index is 0.271. The standard InChI is InChI=1S/C26H28BrNO5S2/c1-4-6-13-32-23-19(27)14-17(15-20(23)31-3)16-21-24(29)28(26(34)35-21)22(25(30)33-12-5-2)18-10-8-7-9-11-18/h7-11,14-16,22H,4-6,12-13H2,1-3H3/b21-16-. The van der Waals surface area contributed by atoms with Crippen molar-refractivity contribution < 1.29 is 23.8 Å². The topological polar surface area (TPSA) is 65.1 Å². The number of hydrogen-bond donors (Lipinski definition) is 0. The average Bonchev–Trinajstić information content (AvgIpc) is 3.12. The quantitative estimate of drug-likeness (QED) is 0.130. The number of halogens is 1. The molecule has 0 saturated carbocycles. The van der Waals surface area contributed by atoms with Gasteiger partial charge in [-0.25, -0.2) is 4.79 Å². The Kier molecular flexibility index (Phi) is 10.2. The smallest absolute Gasteiger partial charge is 0.333 e. The van der Waals surface area contributed by atoms with Gasteiger partial charge in [0.05, 0.1) is 29.7 Å². The fourth-order valence-electron chi connectivity index (χ4n) is 3.44. The molecule has 0 aromatic heterocycles. The first-order valence-electron chi connectivity index (χ1n) is 11.4. The number of unbranched alkanes of at least 4 members (excludes halogenated alkanes) is 1. The van der Waals surface area contributed by atoms with Crippen LogP contribution in [0.4, 0.5) is 0 Å². The highest BCUT2D eigenvalue weighted by molar-refractivity contribution is 9.10. The fourth-order valence-corrected chi connectivity index (χ4v) is 5.33. The van der Waals surface area contributed by atoms with Crippen LogP contribution in [-0.4, -0.2) is 41.4 Å². The number of rotatable bonds is 11. The maximum absolute atomic E-state index is 13.5. The fraction of sp³-hybridized carbons (Fsp3) is 0.346. The lowest BCUT2D eigenvalue weighted by molar-refractivity contribution is -0.151. The number of hydrogen-bond acceptors (Lipinski definition) is 7. The summed E-state index contributed by atoms with van der Waals surface area (Å²) in [5.41, 5.74) is 1.38. The maximum atomic E-state index is 13.5. The Morgan fingerprint density at radius 2 is 1.91 bits per heavy atom. The largest absolute Gasteiger partial charge is 0.493 e. The molecule has 0 bridgehead atoms. The second kappa shape index (κ2) is 13.1. The molecule has 1 amide bonds. The van der Waals surface area contributed by atoms with Gasteiger partial charge in [-0.2, -0.15) is 0 Å². The van der Waals surface area contributed by atoms with E-state index in [1.54, 1.807) is 25.3 Å². The van der Waals surface area contributed by atoms with Crippen molar-refractivity contribution in [3.63, 3.8) is 0 Å². The van der Waals surface area contributed by atoms with E-state index in [2.05, 4.69) is 22.9 Å². The molecule has 35 heavy (non-hydrogen) atoms. The van der Waals surface area contributed by atoms with Gasteiger partial charge in [0.15, 0.2) is 17.5 Å². The van der Waals surface area contributed by atoms with Crippen molar-refractivity contribution in [2.24, 2.45) is 0 Å². The van der Waals surface area contributed by atoms with Crippen molar-refractivity contribution in [2.45, 2.75) is 39.2 Å². The molecule has 186 valence electrons. The van der Waals surface area contributed by atoms with Gasteiger partial charge in [0, 0.05) is 0 Å². The summed E-state index contributed by atoms with van der Waals surface area (Å²) in [4.78, 5) is 28.2. The van der Waals surface area contributed by atoms with Gasteiger partial charge in [-0.3, -0.25) is 9.69 Å². The van der Waals surface area contributed by atoms with Gasteiger partial charge in [-0.1, -0.05) is 74.6 Å². The Hall–Kier alpha value is -2.36. The van der Waals surface area contributed by atoms with Crippen LogP contribution in [0.15, 0.2) is 51.8 Å². The summed E-state index contributed by atoms with van der Waals surface area (Å²) >= 11 is 10.2. The number of esters is 1. The molecule has 1 saturated heterocycles. The van der Waals surface area contributed by atoms with E-state index >= 15 is 0 Å². The zero-order valence-electron chi connectivity index (χ0n) is 19.9. The van der Waals surface area contributed by atoms with Crippen LogP contribution in [-0.2, 0) is 14.3 Å². The molecular formula is C26H28BrNO5S2. The lowest BCUT2D eigenvalue weighted by Gasteiger charge is -2.25. The van der Waals surface area contributed by atoms with Gasteiger partial charge >= 0.3 is 5.97 Å². The highest BCUT2D eigenvalue weighted by Gasteiger charge is 2.42. The number of carbonyl (C=O) groups is 2. The Bertz CT molecular complexity index is 1110. The van der Waals surface area contributed by atoms with Crippen molar-refractivity contribution >= 4 is 62.2 Å². The van der Waals surface area contributed by atoms with Crippen molar-refractivity contribution in [3.05, 3.63) is 63.0 Å². The number of ether oxygens (including phenoxy) is 3. The number of amides is 1. The molecule has 0 aliphatic carbocycles. The lowest BCUT2D eigenvalue weighted by Crippen LogP contribution is -2.38. The second-order valence-corrected chi connectivity index (χ2v) is 10.3. The van der Waals surface area contributed by atoms with E-state index in [0.29, 0.717) is 39.3 Å². The lowest BCUT2D eigenvalue weighted by atomic mass is 10.1. The maximum Gasteiger partial charge on any atom is 0.333 e. The average molecular weight is 579 g/mol. The van der Waals surface area contributed by atoms with E-state index in [4.69, 9.17) is 26.4 Å². The first-order valence-corrected chi connectivity index (χ1v) is 13.4. The highest BCUT2D eigenvalue weighted by atomic mass is 79.9. The van der Waals surface area contributed by atoms with Crippen LogP contribution in [0.3, 0.4) is 0 Å². The molecule has 1 aliphatic heterocycles. The summed E-state index contributed by atoms with van der Waals surface area (Å²) in [6.45, 7) is 4.87. The SMILES string of the molecule is CCCCOc1c(Br)cc(/C=C2\SC(=S)N(C(C(=O)OCCC)c3ccccc3)C2=O)cc1OC. The third-order valence-electron chi connectivity index (χ3n) is 5.16. The van der Waals surface area contributed by atoms with E-state index in [9.17, 15) is 9.59 Å². The molecule has 1 fully saturated rings. The van der Waals surface area contributed by atoms with Gasteiger partial charge in [-0.05, 0) is 58.1 Å². The molecule has 9 heteroatoms. The van der Waals surface area contributed by atoms with Gasteiger partial charge in [0.2, 0.25) is 0 Å². The van der Waals surface area contributed by atoms with Crippen molar-refractivity contribution in [2.75, 3.05) is 20.3 Å². The number of carbonyl (C=O) groups excluding carboxylic acids is 2. The number of thioether (sulfide) groups is 1. The third-order valence-corrected chi connectivity index (χ3v) is 7.08. The molecule has 1 atom stereocenters. The summed E-state index contributed by atoms with van der Waals surface area (Å²) in [6, 6.07) is 11.8. The van der Waals surface area contributed by atoms with Crippen molar-refractivity contribution in [3.8, 4) is 11.5 Å². The first kappa shape index (κ1) is 27.2. The molecule has 1 unspecified atom stereocenters. The van der Waals surface area contributed by atoms with E-state index in [1.807, 2.05) is 37.3 Å². The Balaban J connectivity index is 1.92. The number of thiocarbonyl (C=S) groups is 1. The van der Waals surface area contributed by atoms with Crippen LogP contribution in [0.1, 0.15) is 50.3 Å². The summed E-state index contributed by atoms with van der Waals surface area (Å²) in [5.74, 6) is 0.324. The molecule has 2 aromatic carbocycles. The van der Waals surface area contributed by atoms with Crippen LogP contribution in [0.25, 0.3) is 6.08 Å². The molecule has 1 aliphatic rings. The van der Waals surface area contributed by atoms with Crippen molar-refractivity contribution in [1.82, 2.24) is 4.90 Å². The van der Waals surface area contributed by atoms with Crippen LogP contribution in [0.2, 0.25) is 0 Å². The van der Waals surface area contributed by atoms with Gasteiger partial charge in [-0.15, -0.1) is 0 Å². The Labute approximate surface area is 224 Å². The zero-order chi connectivity index (χ0) is 25.4. The highest BCUT2D eigenvalue weighted by Crippen LogP contribution is 2.41. The van der Waals surface area contributed by atoms with E-state index in [1.165, 1.54) is 4.90 Å². The zero-order valence-corrected chi connectivity index (χ0v) is 23.1. The third kappa shape index (κ3) is 6.65. The molecule has 0 N–H and O–H groups in total. The van der Waals surface area contributed by atoms with E-state index < -0.39 is 12.0 Å². The van der Waals surface area contributed by atoms with Gasteiger partial charge in [0.25, 0.3) is 5.91 Å². The van der Waals surface area contributed by atoms with E-state index in [0.717, 1.165) is 34.6 Å². The molecule has 1 heterocycles. The summed E-state index contributed by atoms with van der Waals surface area (Å²) in [5, 5.41) is 0. The number of benzene rings is 2. The monoisotopic (exact) mass is 577 g/mol. The van der Waals surface area contributed by atoms with Crippen LogP contribution >= 0.6 is 39.9 Å². The van der Waals surface area contributed by atoms with Gasteiger partial charge in [0.1, 0.15) is 4.32 Å². The molecule has 0 spiro atoms. The summed E-state index contributed by atoms with van der Waals surface area (Å²) < 4.78 is 17.8. The molecule has 3 rings (SSSR count). The van der Waals surface area contributed by atoms with Gasteiger partial charge < -0.3 is 14.2 Å². The number of nitrogens with zero attached hydrogens (tertiary/aromatic N) is 1. The van der Waals surface area contributed by atoms with Crippen LogP contribution in [0.5, 0.6) is 11.5 Å². The predicted molar refractivity (Wildman–Crippen MR) is 147 cm³/mol. The molecule has 2 aromatic rings. The summed E-state index contributed by atoms with van der Waals surface area (Å²) in [7, 11) is 1.57. The normalized spacial score (nSPS) is 15.4. The van der Waals surface area contributed by atoms with Crippen LogP contribution in [0, 0.1) is 0 Å². The second-order valence-electron chi connectivity index (χ2n) is 7.77.